The molecule has 8 heteroatoms. The first-order valence-electron chi connectivity index (χ1n) is 6.35. The van der Waals surface area contributed by atoms with Gasteiger partial charge in [-0.05, 0) is 12.1 Å². The van der Waals surface area contributed by atoms with Crippen LogP contribution in [0.25, 0.3) is 0 Å². The van der Waals surface area contributed by atoms with Crippen molar-refractivity contribution in [1.82, 2.24) is 4.90 Å². The summed E-state index contributed by atoms with van der Waals surface area (Å²) in [5.74, 6) is -1.68. The summed E-state index contributed by atoms with van der Waals surface area (Å²) in [6, 6.07) is 2.88. The van der Waals surface area contributed by atoms with Crippen molar-refractivity contribution in [3.63, 3.8) is 0 Å². The number of hydrogen-bond donors (Lipinski definition) is 4. The van der Waals surface area contributed by atoms with Gasteiger partial charge >= 0.3 is 12.0 Å². The standard InChI is InChI=1S/C13H16N2O6/c16-6-9-7-21-4-3-15(9)13(20)14-8-1-2-10(12(18)19)11(17)5-8/h1-2,5,9,16-17H,3-4,6-7H2,(H,14,20)(H,18,19). The van der Waals surface area contributed by atoms with Gasteiger partial charge in [0.15, 0.2) is 0 Å². The number of morpholine rings is 1. The van der Waals surface area contributed by atoms with Gasteiger partial charge in [0.25, 0.3) is 0 Å². The van der Waals surface area contributed by atoms with Crippen molar-refractivity contribution in [2.45, 2.75) is 6.04 Å². The number of aliphatic hydroxyl groups is 1. The Morgan fingerprint density at radius 3 is 2.81 bits per heavy atom. The Morgan fingerprint density at radius 2 is 2.19 bits per heavy atom. The molecule has 4 N–H and O–H groups in total. The maximum Gasteiger partial charge on any atom is 0.339 e. The number of aromatic carboxylic acids is 1. The molecule has 0 spiro atoms. The highest BCUT2D eigenvalue weighted by molar-refractivity contribution is 5.94. The minimum absolute atomic E-state index is 0.212. The van der Waals surface area contributed by atoms with Crippen LogP contribution in [0.3, 0.4) is 0 Å². The molecule has 1 aromatic carbocycles. The van der Waals surface area contributed by atoms with Crippen LogP contribution in [0.5, 0.6) is 5.75 Å². The normalized spacial score (nSPS) is 18.3. The van der Waals surface area contributed by atoms with E-state index in [2.05, 4.69) is 5.32 Å². The third-order valence-electron chi connectivity index (χ3n) is 3.18. The molecule has 1 unspecified atom stereocenters. The number of rotatable bonds is 3. The van der Waals surface area contributed by atoms with Crippen molar-refractivity contribution >= 4 is 17.7 Å². The van der Waals surface area contributed by atoms with Crippen molar-refractivity contribution < 1.29 is 29.6 Å². The van der Waals surface area contributed by atoms with E-state index in [-0.39, 0.29) is 24.5 Å². The number of carbonyl (C=O) groups excluding carboxylic acids is 1. The fourth-order valence-electron chi connectivity index (χ4n) is 2.06. The predicted molar refractivity (Wildman–Crippen MR) is 72.5 cm³/mol. The molecule has 1 fully saturated rings. The van der Waals surface area contributed by atoms with Gasteiger partial charge in [0.1, 0.15) is 11.3 Å². The van der Waals surface area contributed by atoms with Gasteiger partial charge in [-0.2, -0.15) is 0 Å². The number of nitrogens with zero attached hydrogens (tertiary/aromatic N) is 1. The van der Waals surface area contributed by atoms with Crippen LogP contribution in [0.4, 0.5) is 10.5 Å². The molecule has 0 radical (unpaired) electrons. The third-order valence-corrected chi connectivity index (χ3v) is 3.18. The highest BCUT2D eigenvalue weighted by atomic mass is 16.5. The molecule has 1 aliphatic rings. The second-order valence-electron chi connectivity index (χ2n) is 4.57. The molecule has 114 valence electrons. The lowest BCUT2D eigenvalue weighted by molar-refractivity contribution is -0.00485. The van der Waals surface area contributed by atoms with E-state index < -0.39 is 23.8 Å². The molecule has 1 heterocycles. The van der Waals surface area contributed by atoms with E-state index in [0.29, 0.717) is 13.2 Å². The van der Waals surface area contributed by atoms with Gasteiger partial charge in [-0.25, -0.2) is 9.59 Å². The first kappa shape index (κ1) is 15.1. The number of ether oxygens (including phenoxy) is 1. The number of carboxylic acid groups (broad SMARTS) is 1. The van der Waals surface area contributed by atoms with Crippen LogP contribution in [0.2, 0.25) is 0 Å². The summed E-state index contributed by atoms with van der Waals surface area (Å²) in [7, 11) is 0. The number of amides is 2. The van der Waals surface area contributed by atoms with E-state index in [0.717, 1.165) is 6.07 Å². The molecule has 0 aliphatic carbocycles. The maximum atomic E-state index is 12.1. The smallest absolute Gasteiger partial charge is 0.339 e. The molecule has 0 saturated carbocycles. The van der Waals surface area contributed by atoms with Gasteiger partial charge in [0.05, 0.1) is 25.9 Å². The zero-order valence-corrected chi connectivity index (χ0v) is 11.2. The van der Waals surface area contributed by atoms with Crippen LogP contribution < -0.4 is 5.32 Å². The average Bonchev–Trinajstić information content (AvgIpc) is 2.46. The summed E-state index contributed by atoms with van der Waals surface area (Å²) in [6.07, 6.45) is 0. The second-order valence-corrected chi connectivity index (χ2v) is 4.57. The summed E-state index contributed by atoms with van der Waals surface area (Å²) >= 11 is 0. The molecular formula is C13H16N2O6. The van der Waals surface area contributed by atoms with Crippen molar-refractivity contribution in [1.29, 1.82) is 0 Å². The lowest BCUT2D eigenvalue weighted by Gasteiger charge is -2.34. The third kappa shape index (κ3) is 3.41. The first-order valence-corrected chi connectivity index (χ1v) is 6.35. The number of aromatic hydroxyl groups is 1. The second kappa shape index (κ2) is 6.42. The van der Waals surface area contributed by atoms with Gasteiger partial charge in [0.2, 0.25) is 0 Å². The summed E-state index contributed by atoms with van der Waals surface area (Å²) in [5.41, 5.74) is 0.0262. The monoisotopic (exact) mass is 296 g/mol. The van der Waals surface area contributed by atoms with Gasteiger partial charge in [-0.3, -0.25) is 0 Å². The van der Waals surface area contributed by atoms with Crippen molar-refractivity contribution in [3.8, 4) is 5.75 Å². The van der Waals surface area contributed by atoms with E-state index >= 15 is 0 Å². The zero-order chi connectivity index (χ0) is 15.4. The van der Waals surface area contributed by atoms with Crippen molar-refractivity contribution in [2.75, 3.05) is 31.7 Å². The number of benzene rings is 1. The Morgan fingerprint density at radius 1 is 1.43 bits per heavy atom. The highest BCUT2D eigenvalue weighted by Crippen LogP contribution is 2.22. The molecule has 1 saturated heterocycles. The van der Waals surface area contributed by atoms with E-state index in [1.54, 1.807) is 0 Å². The van der Waals surface area contributed by atoms with Crippen molar-refractivity contribution in [2.24, 2.45) is 0 Å². The molecule has 21 heavy (non-hydrogen) atoms. The molecule has 2 rings (SSSR count). The maximum absolute atomic E-state index is 12.1. The Balaban J connectivity index is 2.08. The lowest BCUT2D eigenvalue weighted by atomic mass is 10.2. The number of aliphatic hydroxyl groups excluding tert-OH is 1. The predicted octanol–water partition coefficient (Wildman–Crippen LogP) is 0.315. The average molecular weight is 296 g/mol. The molecular weight excluding hydrogens is 280 g/mol. The van der Waals surface area contributed by atoms with Crippen LogP contribution in [-0.4, -0.2) is 64.6 Å². The van der Waals surface area contributed by atoms with Crippen LogP contribution in [0.1, 0.15) is 10.4 Å². The van der Waals surface area contributed by atoms with Crippen molar-refractivity contribution in [3.05, 3.63) is 23.8 Å². The Kier molecular flexibility index (Phi) is 4.61. The number of phenols is 1. The zero-order valence-electron chi connectivity index (χ0n) is 11.2. The Bertz CT molecular complexity index is 547. The minimum Gasteiger partial charge on any atom is -0.507 e. The van der Waals surface area contributed by atoms with E-state index in [1.165, 1.54) is 17.0 Å². The summed E-state index contributed by atoms with van der Waals surface area (Å²) < 4.78 is 5.18. The fourth-order valence-corrected chi connectivity index (χ4v) is 2.06. The number of anilines is 1. The van der Waals surface area contributed by atoms with E-state index in [9.17, 15) is 19.8 Å². The van der Waals surface area contributed by atoms with Gasteiger partial charge in [-0.15, -0.1) is 0 Å². The van der Waals surface area contributed by atoms with Crippen LogP contribution in [0.15, 0.2) is 18.2 Å². The van der Waals surface area contributed by atoms with Gasteiger partial charge < -0.3 is 30.3 Å². The first-order chi connectivity index (χ1) is 10.0. The summed E-state index contributed by atoms with van der Waals surface area (Å²) in [6.45, 7) is 0.771. The van der Waals surface area contributed by atoms with Crippen LogP contribution >= 0.6 is 0 Å². The summed E-state index contributed by atoms with van der Waals surface area (Å²) in [5, 5.41) is 30.2. The Labute approximate surface area is 120 Å². The highest BCUT2D eigenvalue weighted by Gasteiger charge is 2.26. The number of nitrogens with one attached hydrogen (secondary N) is 1. The SMILES string of the molecule is O=C(O)c1ccc(NC(=O)N2CCOCC2CO)cc1O. The van der Waals surface area contributed by atoms with Crippen LogP contribution in [0, 0.1) is 0 Å². The molecule has 1 aliphatic heterocycles. The number of hydrogen-bond acceptors (Lipinski definition) is 5. The number of carboxylic acids is 1. The summed E-state index contributed by atoms with van der Waals surface area (Å²) in [4.78, 5) is 24.3. The van der Waals surface area contributed by atoms with Crippen LogP contribution in [-0.2, 0) is 4.74 Å². The largest absolute Gasteiger partial charge is 0.507 e. The van der Waals surface area contributed by atoms with Gasteiger partial charge in [0, 0.05) is 18.3 Å². The van der Waals surface area contributed by atoms with E-state index in [4.69, 9.17) is 9.84 Å². The van der Waals surface area contributed by atoms with Gasteiger partial charge in [-0.1, -0.05) is 0 Å². The Hall–Kier alpha value is -2.32. The quantitative estimate of drug-likeness (QED) is 0.637. The molecule has 2 amide bonds. The minimum atomic E-state index is -1.25. The number of carbonyl (C=O) groups is 2. The lowest BCUT2D eigenvalue weighted by Crippen LogP contribution is -2.52. The molecule has 0 bridgehead atoms. The molecule has 1 aromatic rings. The van der Waals surface area contributed by atoms with E-state index in [1.807, 2.05) is 0 Å². The fraction of sp³-hybridized carbons (Fsp3) is 0.385. The molecule has 0 aromatic heterocycles. The molecule has 1 atom stereocenters. The topological polar surface area (TPSA) is 119 Å². The number of urea groups is 1. The molecule has 8 nitrogen and oxygen atoms in total.